The summed E-state index contributed by atoms with van der Waals surface area (Å²) in [4.78, 5) is 18.6. The molecule has 23 heavy (non-hydrogen) atoms. The number of para-hydroxylation sites is 1. The van der Waals surface area contributed by atoms with Crippen molar-refractivity contribution in [3.05, 3.63) is 30.5 Å². The maximum atomic E-state index is 11.9. The summed E-state index contributed by atoms with van der Waals surface area (Å²) < 4.78 is 5.40. The molecular formula is C18H20N2O3. The van der Waals surface area contributed by atoms with E-state index in [-0.39, 0.29) is 5.92 Å². The molecule has 2 aliphatic rings. The molecular weight excluding hydrogens is 292 g/mol. The Bertz CT molecular complexity index is 776. The predicted octanol–water partition coefficient (Wildman–Crippen LogP) is 2.93. The van der Waals surface area contributed by atoms with Crippen molar-refractivity contribution < 1.29 is 14.6 Å². The summed E-state index contributed by atoms with van der Waals surface area (Å²) in [5.41, 5.74) is 1.31. The second-order valence-corrected chi connectivity index (χ2v) is 6.62. The van der Waals surface area contributed by atoms with E-state index in [0.717, 1.165) is 48.1 Å². The summed E-state index contributed by atoms with van der Waals surface area (Å²) in [6.07, 6.45) is 4.60. The van der Waals surface area contributed by atoms with Crippen LogP contribution in [0, 0.1) is 11.3 Å². The molecule has 1 aromatic carbocycles. The molecule has 0 spiro atoms. The Morgan fingerprint density at radius 3 is 3.04 bits per heavy atom. The Morgan fingerprint density at radius 1 is 1.43 bits per heavy atom. The van der Waals surface area contributed by atoms with Gasteiger partial charge in [-0.05, 0) is 30.9 Å². The highest BCUT2D eigenvalue weighted by Gasteiger charge is 2.55. The number of rotatable bonds is 3. The monoisotopic (exact) mass is 312 g/mol. The van der Waals surface area contributed by atoms with Crippen molar-refractivity contribution in [2.45, 2.75) is 19.3 Å². The van der Waals surface area contributed by atoms with Crippen molar-refractivity contribution in [2.24, 2.45) is 11.3 Å². The number of aliphatic carboxylic acids is 1. The van der Waals surface area contributed by atoms with Crippen LogP contribution in [0.1, 0.15) is 19.3 Å². The summed E-state index contributed by atoms with van der Waals surface area (Å²) in [7, 11) is 1.64. The number of fused-ring (bicyclic) bond motifs is 2. The fraction of sp³-hybridized carbons (Fsp3) is 0.444. The zero-order valence-electron chi connectivity index (χ0n) is 13.2. The number of carbonyl (C=O) groups is 1. The van der Waals surface area contributed by atoms with Gasteiger partial charge in [0.2, 0.25) is 0 Å². The Hall–Kier alpha value is -2.30. The third-order valence-corrected chi connectivity index (χ3v) is 5.57. The fourth-order valence-electron chi connectivity index (χ4n) is 4.40. The molecule has 1 N–H and O–H groups in total. The maximum Gasteiger partial charge on any atom is 0.311 e. The molecule has 0 radical (unpaired) electrons. The van der Waals surface area contributed by atoms with E-state index in [2.05, 4.69) is 9.88 Å². The maximum absolute atomic E-state index is 11.9. The lowest BCUT2D eigenvalue weighted by molar-refractivity contribution is -0.149. The number of hydrogen-bond acceptors (Lipinski definition) is 4. The molecule has 2 atom stereocenters. The molecule has 1 aromatic heterocycles. The molecule has 0 bridgehead atoms. The van der Waals surface area contributed by atoms with Crippen LogP contribution < -0.4 is 9.64 Å². The Kier molecular flexibility index (Phi) is 3.18. The van der Waals surface area contributed by atoms with Gasteiger partial charge in [-0.1, -0.05) is 18.6 Å². The lowest BCUT2D eigenvalue weighted by atomic mass is 9.81. The minimum Gasteiger partial charge on any atom is -0.494 e. The molecule has 2 aromatic rings. The van der Waals surface area contributed by atoms with E-state index in [1.54, 1.807) is 13.3 Å². The SMILES string of the molecule is COc1cccc2c(N3C[C@@H]4CCC[C@@]4(C(=O)O)C3)ccnc12. The summed E-state index contributed by atoms with van der Waals surface area (Å²) in [5, 5.41) is 10.8. The third-order valence-electron chi connectivity index (χ3n) is 5.57. The molecule has 1 aliphatic heterocycles. The normalized spacial score (nSPS) is 26.5. The minimum absolute atomic E-state index is 0.244. The van der Waals surface area contributed by atoms with Gasteiger partial charge in [0.15, 0.2) is 0 Å². The minimum atomic E-state index is -0.640. The molecule has 0 amide bonds. The van der Waals surface area contributed by atoms with E-state index >= 15 is 0 Å². The van der Waals surface area contributed by atoms with Crippen molar-refractivity contribution in [1.29, 1.82) is 0 Å². The number of methoxy groups -OCH3 is 1. The van der Waals surface area contributed by atoms with Crippen LogP contribution in [0.15, 0.2) is 30.5 Å². The molecule has 120 valence electrons. The molecule has 1 aliphatic carbocycles. The molecule has 1 saturated heterocycles. The van der Waals surface area contributed by atoms with Crippen LogP contribution in [0.3, 0.4) is 0 Å². The van der Waals surface area contributed by atoms with Gasteiger partial charge in [-0.2, -0.15) is 0 Å². The molecule has 4 rings (SSSR count). The van der Waals surface area contributed by atoms with E-state index in [0.29, 0.717) is 6.54 Å². The number of aromatic nitrogens is 1. The smallest absolute Gasteiger partial charge is 0.311 e. The Labute approximate surface area is 134 Å². The number of ether oxygens (including phenoxy) is 1. The van der Waals surface area contributed by atoms with Crippen molar-refractivity contribution in [3.63, 3.8) is 0 Å². The number of benzene rings is 1. The van der Waals surface area contributed by atoms with Gasteiger partial charge in [0.1, 0.15) is 11.3 Å². The van der Waals surface area contributed by atoms with Crippen molar-refractivity contribution in [1.82, 2.24) is 4.98 Å². The number of anilines is 1. The van der Waals surface area contributed by atoms with E-state index in [4.69, 9.17) is 4.74 Å². The summed E-state index contributed by atoms with van der Waals surface area (Å²) in [6, 6.07) is 7.87. The Morgan fingerprint density at radius 2 is 2.30 bits per heavy atom. The van der Waals surface area contributed by atoms with E-state index in [1.165, 1.54) is 0 Å². The second kappa shape index (κ2) is 5.11. The van der Waals surface area contributed by atoms with Gasteiger partial charge in [0, 0.05) is 30.4 Å². The molecule has 0 unspecified atom stereocenters. The van der Waals surface area contributed by atoms with Gasteiger partial charge in [-0.3, -0.25) is 9.78 Å². The molecule has 2 fully saturated rings. The molecule has 2 heterocycles. The van der Waals surface area contributed by atoms with Crippen LogP contribution >= 0.6 is 0 Å². The number of pyridine rings is 1. The van der Waals surface area contributed by atoms with Crippen LogP contribution in [0.4, 0.5) is 5.69 Å². The van der Waals surface area contributed by atoms with Gasteiger partial charge >= 0.3 is 5.97 Å². The van der Waals surface area contributed by atoms with Crippen molar-refractivity contribution >= 4 is 22.6 Å². The van der Waals surface area contributed by atoms with Gasteiger partial charge < -0.3 is 14.7 Å². The largest absolute Gasteiger partial charge is 0.494 e. The number of carboxylic acid groups (broad SMARTS) is 1. The summed E-state index contributed by atoms with van der Waals surface area (Å²) >= 11 is 0. The van der Waals surface area contributed by atoms with Crippen LogP contribution in [-0.2, 0) is 4.79 Å². The first-order valence-electron chi connectivity index (χ1n) is 8.06. The molecule has 5 nitrogen and oxygen atoms in total. The van der Waals surface area contributed by atoms with Crippen LogP contribution in [0.5, 0.6) is 5.75 Å². The predicted molar refractivity (Wildman–Crippen MR) is 87.9 cm³/mol. The number of nitrogens with zero attached hydrogens (tertiary/aromatic N) is 2. The highest BCUT2D eigenvalue weighted by molar-refractivity contribution is 5.95. The standard InChI is InChI=1S/C18H20N2O3/c1-23-15-6-2-5-13-14(7-9-19-16(13)15)20-10-12-4-3-8-18(12,11-20)17(21)22/h2,5-7,9,12H,3-4,8,10-11H2,1H3,(H,21,22)/t12-,18+/m0/s1. The van der Waals surface area contributed by atoms with E-state index in [9.17, 15) is 9.90 Å². The summed E-state index contributed by atoms with van der Waals surface area (Å²) in [6.45, 7) is 1.39. The highest BCUT2D eigenvalue weighted by Crippen LogP contribution is 2.50. The third kappa shape index (κ3) is 1.99. The van der Waals surface area contributed by atoms with Crippen molar-refractivity contribution in [3.8, 4) is 5.75 Å². The zero-order chi connectivity index (χ0) is 16.0. The lowest BCUT2D eigenvalue weighted by Crippen LogP contribution is -2.35. The Balaban J connectivity index is 1.78. The van der Waals surface area contributed by atoms with Gasteiger partial charge in [-0.15, -0.1) is 0 Å². The first-order chi connectivity index (χ1) is 11.2. The van der Waals surface area contributed by atoms with Crippen LogP contribution in [0.2, 0.25) is 0 Å². The van der Waals surface area contributed by atoms with Gasteiger partial charge in [-0.25, -0.2) is 0 Å². The quantitative estimate of drug-likeness (QED) is 0.944. The first-order valence-corrected chi connectivity index (χ1v) is 8.06. The topological polar surface area (TPSA) is 62.7 Å². The van der Waals surface area contributed by atoms with Crippen LogP contribution in [0.25, 0.3) is 10.9 Å². The number of carboxylic acids is 1. The average molecular weight is 312 g/mol. The van der Waals surface area contributed by atoms with Gasteiger partial charge in [0.05, 0.1) is 12.5 Å². The lowest BCUT2D eigenvalue weighted by Gasteiger charge is -2.25. The highest BCUT2D eigenvalue weighted by atomic mass is 16.5. The van der Waals surface area contributed by atoms with Crippen LogP contribution in [-0.4, -0.2) is 36.3 Å². The van der Waals surface area contributed by atoms with E-state index in [1.807, 2.05) is 24.3 Å². The first kappa shape index (κ1) is 14.3. The average Bonchev–Trinajstić information content (AvgIpc) is 3.11. The molecule has 5 heteroatoms. The summed E-state index contributed by atoms with van der Waals surface area (Å²) in [5.74, 6) is 0.351. The van der Waals surface area contributed by atoms with E-state index < -0.39 is 11.4 Å². The second-order valence-electron chi connectivity index (χ2n) is 6.62. The number of hydrogen-bond donors (Lipinski definition) is 1. The van der Waals surface area contributed by atoms with Crippen molar-refractivity contribution in [2.75, 3.05) is 25.1 Å². The van der Waals surface area contributed by atoms with Gasteiger partial charge in [0.25, 0.3) is 0 Å². The molecule has 1 saturated carbocycles. The fourth-order valence-corrected chi connectivity index (χ4v) is 4.40. The zero-order valence-corrected chi connectivity index (χ0v) is 13.2.